The van der Waals surface area contributed by atoms with Crippen LogP contribution in [0.1, 0.15) is 12.0 Å². The van der Waals surface area contributed by atoms with Gasteiger partial charge in [0.25, 0.3) is 0 Å². The number of thioether (sulfide) groups is 1. The van der Waals surface area contributed by atoms with Crippen molar-refractivity contribution in [2.75, 3.05) is 12.4 Å². The van der Waals surface area contributed by atoms with Crippen molar-refractivity contribution in [3.63, 3.8) is 0 Å². The average Bonchev–Trinajstić information content (AvgIpc) is 2.52. The van der Waals surface area contributed by atoms with Gasteiger partial charge in [-0.1, -0.05) is 30.3 Å². The molecular formula is C15H22O5S. The van der Waals surface area contributed by atoms with Crippen molar-refractivity contribution in [2.24, 2.45) is 0 Å². The number of ether oxygens (including phenoxy) is 1. The number of rotatable bonds is 6. The molecule has 4 N–H and O–H groups in total. The van der Waals surface area contributed by atoms with Gasteiger partial charge in [-0.3, -0.25) is 0 Å². The highest BCUT2D eigenvalue weighted by molar-refractivity contribution is 7.99. The van der Waals surface area contributed by atoms with Crippen molar-refractivity contribution in [1.82, 2.24) is 0 Å². The van der Waals surface area contributed by atoms with E-state index in [1.807, 2.05) is 18.2 Å². The van der Waals surface area contributed by atoms with Crippen LogP contribution in [-0.2, 0) is 11.2 Å². The van der Waals surface area contributed by atoms with Crippen LogP contribution in [-0.4, -0.2) is 62.6 Å². The van der Waals surface area contributed by atoms with Crippen LogP contribution in [0.25, 0.3) is 0 Å². The Morgan fingerprint density at radius 3 is 2.38 bits per heavy atom. The molecule has 1 aromatic carbocycles. The van der Waals surface area contributed by atoms with Crippen molar-refractivity contribution in [1.29, 1.82) is 0 Å². The third-order valence-corrected chi connectivity index (χ3v) is 4.83. The van der Waals surface area contributed by atoms with Crippen molar-refractivity contribution >= 4 is 11.8 Å². The summed E-state index contributed by atoms with van der Waals surface area (Å²) >= 11 is 1.40. The Balaban J connectivity index is 1.77. The van der Waals surface area contributed by atoms with Gasteiger partial charge in [0, 0.05) is 0 Å². The molecule has 0 saturated carbocycles. The fraction of sp³-hybridized carbons (Fsp3) is 0.600. The molecule has 0 spiro atoms. The molecule has 0 aromatic heterocycles. The summed E-state index contributed by atoms with van der Waals surface area (Å²) in [5.41, 5.74) is 0.628. The second-order valence-electron chi connectivity index (χ2n) is 5.16. The van der Waals surface area contributed by atoms with Crippen LogP contribution >= 0.6 is 11.8 Å². The van der Waals surface area contributed by atoms with Crippen molar-refractivity contribution in [2.45, 2.75) is 42.7 Å². The maximum atomic E-state index is 9.90. The first-order valence-corrected chi connectivity index (χ1v) is 8.14. The Bertz CT molecular complexity index is 414. The van der Waals surface area contributed by atoms with E-state index in [1.54, 1.807) is 0 Å². The van der Waals surface area contributed by atoms with E-state index in [1.165, 1.54) is 17.3 Å². The SMILES string of the molecule is OC[C@H]1O[C@H](SCCCc2ccccc2)[C@@H](O)[C@@H](O)[C@@H]1O. The maximum absolute atomic E-state index is 9.90. The van der Waals surface area contributed by atoms with E-state index in [9.17, 15) is 15.3 Å². The predicted octanol–water partition coefficient (Wildman–Crippen LogP) is 0.152. The highest BCUT2D eigenvalue weighted by atomic mass is 32.2. The quantitative estimate of drug-likeness (QED) is 0.559. The molecule has 6 heteroatoms. The Kier molecular flexibility index (Phi) is 6.47. The molecule has 5 nitrogen and oxygen atoms in total. The molecule has 1 fully saturated rings. The molecule has 0 amide bonds. The lowest BCUT2D eigenvalue weighted by Gasteiger charge is -2.39. The van der Waals surface area contributed by atoms with Crippen molar-refractivity contribution in [3.8, 4) is 0 Å². The number of aryl methyl sites for hydroxylation is 1. The standard InChI is InChI=1S/C15H22O5S/c16-9-11-12(17)13(18)14(19)15(20-11)21-8-4-7-10-5-2-1-3-6-10/h1-3,5-6,11-19H,4,7-9H2/t11-,12-,13+,14+,15-/m1/s1. The lowest BCUT2D eigenvalue weighted by Crippen LogP contribution is -2.57. The van der Waals surface area contributed by atoms with Crippen molar-refractivity contribution < 1.29 is 25.2 Å². The topological polar surface area (TPSA) is 90.2 Å². The molecule has 0 radical (unpaired) electrons. The molecule has 1 aliphatic heterocycles. The van der Waals surface area contributed by atoms with E-state index < -0.39 is 29.9 Å². The molecule has 1 saturated heterocycles. The van der Waals surface area contributed by atoms with Gasteiger partial charge < -0.3 is 25.2 Å². The lowest BCUT2D eigenvalue weighted by atomic mass is 10.0. The summed E-state index contributed by atoms with van der Waals surface area (Å²) in [4.78, 5) is 0. The molecule has 5 atom stereocenters. The number of aliphatic hydroxyl groups excluding tert-OH is 4. The Morgan fingerprint density at radius 1 is 1.00 bits per heavy atom. The number of hydrogen-bond acceptors (Lipinski definition) is 6. The van der Waals surface area contributed by atoms with Crippen LogP contribution < -0.4 is 0 Å². The van der Waals surface area contributed by atoms with Gasteiger partial charge in [0.05, 0.1) is 6.61 Å². The van der Waals surface area contributed by atoms with Crippen molar-refractivity contribution in [3.05, 3.63) is 35.9 Å². The first-order valence-electron chi connectivity index (χ1n) is 7.09. The molecule has 118 valence electrons. The molecule has 1 aromatic rings. The summed E-state index contributed by atoms with van der Waals surface area (Å²) in [7, 11) is 0. The molecule has 0 bridgehead atoms. The molecule has 0 unspecified atom stereocenters. The number of benzene rings is 1. The van der Waals surface area contributed by atoms with Gasteiger partial charge in [-0.2, -0.15) is 0 Å². The summed E-state index contributed by atoms with van der Waals surface area (Å²) in [6.07, 6.45) is -2.69. The van der Waals surface area contributed by atoms with Crippen LogP contribution in [0.15, 0.2) is 30.3 Å². The molecule has 2 rings (SSSR count). The van der Waals surface area contributed by atoms with E-state index >= 15 is 0 Å². The first-order chi connectivity index (χ1) is 10.1. The van der Waals surface area contributed by atoms with Crippen LogP contribution in [0.3, 0.4) is 0 Å². The van der Waals surface area contributed by atoms with Crippen LogP contribution in [0.4, 0.5) is 0 Å². The van der Waals surface area contributed by atoms with Crippen LogP contribution in [0.2, 0.25) is 0 Å². The minimum Gasteiger partial charge on any atom is -0.394 e. The average molecular weight is 314 g/mol. The van der Waals surface area contributed by atoms with E-state index in [-0.39, 0.29) is 6.61 Å². The summed E-state index contributed by atoms with van der Waals surface area (Å²) < 4.78 is 5.44. The minimum atomic E-state index is -1.29. The zero-order valence-corrected chi connectivity index (χ0v) is 12.5. The van der Waals surface area contributed by atoms with Gasteiger partial charge in [0.15, 0.2) is 0 Å². The predicted molar refractivity (Wildman–Crippen MR) is 81.0 cm³/mol. The van der Waals surface area contributed by atoms with E-state index in [0.717, 1.165) is 18.6 Å². The van der Waals surface area contributed by atoms with E-state index in [2.05, 4.69) is 12.1 Å². The zero-order chi connectivity index (χ0) is 15.2. The summed E-state index contributed by atoms with van der Waals surface area (Å²) in [6.45, 7) is -0.383. The smallest absolute Gasteiger partial charge is 0.132 e. The Hall–Kier alpha value is -0.630. The highest BCUT2D eigenvalue weighted by Crippen LogP contribution is 2.29. The summed E-state index contributed by atoms with van der Waals surface area (Å²) in [5, 5.41) is 38.4. The second-order valence-corrected chi connectivity index (χ2v) is 6.36. The van der Waals surface area contributed by atoms with Gasteiger partial charge in [-0.05, 0) is 24.2 Å². The molecule has 1 aliphatic rings. The molecular weight excluding hydrogens is 292 g/mol. The van der Waals surface area contributed by atoms with Crippen LogP contribution in [0, 0.1) is 0 Å². The van der Waals surface area contributed by atoms with Gasteiger partial charge in [0.1, 0.15) is 29.9 Å². The minimum absolute atomic E-state index is 0.383. The van der Waals surface area contributed by atoms with Gasteiger partial charge in [-0.25, -0.2) is 0 Å². The largest absolute Gasteiger partial charge is 0.394 e. The fourth-order valence-electron chi connectivity index (χ4n) is 2.33. The Morgan fingerprint density at radius 2 is 1.71 bits per heavy atom. The van der Waals surface area contributed by atoms with E-state index in [0.29, 0.717) is 0 Å². The van der Waals surface area contributed by atoms with Gasteiger partial charge in [-0.15, -0.1) is 11.8 Å². The molecule has 21 heavy (non-hydrogen) atoms. The highest BCUT2D eigenvalue weighted by Gasteiger charge is 2.43. The van der Waals surface area contributed by atoms with Gasteiger partial charge >= 0.3 is 0 Å². The lowest BCUT2D eigenvalue weighted by molar-refractivity contribution is -0.205. The normalized spacial score (nSPS) is 33.0. The third kappa shape index (κ3) is 4.42. The van der Waals surface area contributed by atoms with Crippen LogP contribution in [0.5, 0.6) is 0 Å². The fourth-order valence-corrected chi connectivity index (χ4v) is 3.45. The second kappa shape index (κ2) is 8.12. The third-order valence-electron chi connectivity index (χ3n) is 3.58. The monoisotopic (exact) mass is 314 g/mol. The number of hydrogen-bond donors (Lipinski definition) is 4. The van der Waals surface area contributed by atoms with Gasteiger partial charge in [0.2, 0.25) is 0 Å². The molecule has 1 heterocycles. The summed E-state index contributed by atoms with van der Waals surface area (Å²) in [5.74, 6) is 0.761. The number of aliphatic hydroxyl groups is 4. The summed E-state index contributed by atoms with van der Waals surface area (Å²) in [6, 6.07) is 10.1. The van der Waals surface area contributed by atoms with E-state index in [4.69, 9.17) is 9.84 Å². The zero-order valence-electron chi connectivity index (χ0n) is 11.7. The Labute approximate surface area is 128 Å². The first kappa shape index (κ1) is 16.7. The maximum Gasteiger partial charge on any atom is 0.132 e. The molecule has 0 aliphatic carbocycles.